The van der Waals surface area contributed by atoms with Gasteiger partial charge in [-0.1, -0.05) is 0 Å². The molecule has 1 aliphatic rings. The Bertz CT molecular complexity index is 400. The first-order valence-corrected chi connectivity index (χ1v) is 6.28. The lowest BCUT2D eigenvalue weighted by molar-refractivity contribution is 0.121. The van der Waals surface area contributed by atoms with Crippen molar-refractivity contribution in [1.29, 1.82) is 0 Å². The first-order chi connectivity index (χ1) is 8.69. The molecule has 2 heterocycles. The van der Waals surface area contributed by atoms with Gasteiger partial charge in [0, 0.05) is 19.3 Å². The molecule has 2 unspecified atom stereocenters. The third-order valence-corrected chi connectivity index (χ3v) is 2.94. The highest BCUT2D eigenvalue weighted by Gasteiger charge is 2.24. The van der Waals surface area contributed by atoms with Crippen LogP contribution in [0.15, 0.2) is 6.07 Å². The van der Waals surface area contributed by atoms with E-state index >= 15 is 0 Å². The van der Waals surface area contributed by atoms with Crippen molar-refractivity contribution in [2.24, 2.45) is 0 Å². The fourth-order valence-electron chi connectivity index (χ4n) is 1.96. The Balaban J connectivity index is 2.05. The average molecular weight is 252 g/mol. The summed E-state index contributed by atoms with van der Waals surface area (Å²) in [6.45, 7) is 5.78. The van der Waals surface area contributed by atoms with Gasteiger partial charge in [0.1, 0.15) is 18.2 Å². The van der Waals surface area contributed by atoms with Gasteiger partial charge in [-0.3, -0.25) is 0 Å². The number of nitrogens with two attached hydrogens (primary N) is 1. The van der Waals surface area contributed by atoms with Crippen LogP contribution in [0.3, 0.4) is 0 Å². The van der Waals surface area contributed by atoms with E-state index in [0.29, 0.717) is 24.9 Å². The van der Waals surface area contributed by atoms with Crippen LogP contribution in [0, 0.1) is 0 Å². The lowest BCUT2D eigenvalue weighted by Gasteiger charge is -2.17. The number of rotatable bonds is 5. The Morgan fingerprint density at radius 1 is 1.56 bits per heavy atom. The summed E-state index contributed by atoms with van der Waals surface area (Å²) in [7, 11) is 0. The Morgan fingerprint density at radius 3 is 3.06 bits per heavy atom. The van der Waals surface area contributed by atoms with Crippen molar-refractivity contribution >= 4 is 11.6 Å². The van der Waals surface area contributed by atoms with E-state index in [4.69, 9.17) is 15.2 Å². The molecule has 0 aromatic carbocycles. The Kier molecular flexibility index (Phi) is 4.33. The van der Waals surface area contributed by atoms with Gasteiger partial charge in [0.05, 0.1) is 12.1 Å². The maximum absolute atomic E-state index is 5.76. The number of anilines is 2. The van der Waals surface area contributed by atoms with Crippen molar-refractivity contribution in [1.82, 2.24) is 9.97 Å². The van der Waals surface area contributed by atoms with Gasteiger partial charge in [-0.2, -0.15) is 0 Å². The van der Waals surface area contributed by atoms with Crippen LogP contribution in [0.5, 0.6) is 0 Å². The van der Waals surface area contributed by atoms with E-state index in [1.54, 1.807) is 6.07 Å². The number of ether oxygens (including phenoxy) is 2. The van der Waals surface area contributed by atoms with Crippen molar-refractivity contribution < 1.29 is 9.47 Å². The number of nitrogens with one attached hydrogen (secondary N) is 1. The smallest absolute Gasteiger partial charge is 0.158 e. The molecule has 0 amide bonds. The molecule has 1 saturated heterocycles. The third-order valence-electron chi connectivity index (χ3n) is 2.94. The Morgan fingerprint density at radius 2 is 2.39 bits per heavy atom. The maximum Gasteiger partial charge on any atom is 0.158 e. The van der Waals surface area contributed by atoms with Gasteiger partial charge in [0.15, 0.2) is 5.82 Å². The van der Waals surface area contributed by atoms with Gasteiger partial charge in [-0.25, -0.2) is 9.97 Å². The minimum absolute atomic E-state index is 0.191. The quantitative estimate of drug-likeness (QED) is 0.819. The minimum Gasteiger partial charge on any atom is -0.384 e. The molecule has 0 spiro atoms. The highest BCUT2D eigenvalue weighted by atomic mass is 16.5. The molecule has 1 aromatic rings. The SMILES string of the molecule is CCOCc1nc(N)cc(NC2CCOC2C)n1. The van der Waals surface area contributed by atoms with Crippen LogP contribution in [0.4, 0.5) is 11.6 Å². The number of hydrogen-bond acceptors (Lipinski definition) is 6. The lowest BCUT2D eigenvalue weighted by Crippen LogP contribution is -2.27. The number of aromatic nitrogens is 2. The predicted molar refractivity (Wildman–Crippen MR) is 69.2 cm³/mol. The summed E-state index contributed by atoms with van der Waals surface area (Å²) in [4.78, 5) is 8.52. The van der Waals surface area contributed by atoms with Crippen molar-refractivity contribution in [3.05, 3.63) is 11.9 Å². The van der Waals surface area contributed by atoms with Crippen LogP contribution < -0.4 is 11.1 Å². The standard InChI is InChI=1S/C12H20N4O2/c1-3-17-7-12-15-10(13)6-11(16-12)14-9-4-5-18-8(9)2/h6,8-9H,3-5,7H2,1-2H3,(H3,13,14,15,16). The predicted octanol–water partition coefficient (Wildman–Crippen LogP) is 1.18. The van der Waals surface area contributed by atoms with Crippen LogP contribution in [0.2, 0.25) is 0 Å². The number of nitrogens with zero attached hydrogens (tertiary/aromatic N) is 2. The Labute approximate surface area is 107 Å². The normalized spacial score (nSPS) is 23.2. The van der Waals surface area contributed by atoms with Crippen LogP contribution in [-0.4, -0.2) is 35.3 Å². The van der Waals surface area contributed by atoms with E-state index in [1.165, 1.54) is 0 Å². The van der Waals surface area contributed by atoms with Gasteiger partial charge in [-0.15, -0.1) is 0 Å². The lowest BCUT2D eigenvalue weighted by atomic mass is 10.1. The maximum atomic E-state index is 5.76. The van der Waals surface area contributed by atoms with Gasteiger partial charge >= 0.3 is 0 Å². The van der Waals surface area contributed by atoms with Gasteiger partial charge < -0.3 is 20.5 Å². The zero-order chi connectivity index (χ0) is 13.0. The third kappa shape index (κ3) is 3.30. The summed E-state index contributed by atoms with van der Waals surface area (Å²) >= 11 is 0. The largest absolute Gasteiger partial charge is 0.384 e. The monoisotopic (exact) mass is 252 g/mol. The summed E-state index contributed by atoms with van der Waals surface area (Å²) in [5, 5.41) is 3.34. The van der Waals surface area contributed by atoms with Crippen molar-refractivity contribution in [2.75, 3.05) is 24.3 Å². The summed E-state index contributed by atoms with van der Waals surface area (Å²) in [5.41, 5.74) is 5.76. The fraction of sp³-hybridized carbons (Fsp3) is 0.667. The number of nitrogen functional groups attached to an aromatic ring is 1. The molecule has 18 heavy (non-hydrogen) atoms. The van der Waals surface area contributed by atoms with Gasteiger partial charge in [0.25, 0.3) is 0 Å². The molecule has 3 N–H and O–H groups in total. The van der Waals surface area contributed by atoms with Crippen LogP contribution in [-0.2, 0) is 16.1 Å². The van der Waals surface area contributed by atoms with Gasteiger partial charge in [0.2, 0.25) is 0 Å². The highest BCUT2D eigenvalue weighted by molar-refractivity contribution is 5.45. The van der Waals surface area contributed by atoms with E-state index in [1.807, 2.05) is 6.92 Å². The van der Waals surface area contributed by atoms with E-state index in [0.717, 1.165) is 18.8 Å². The molecule has 0 bridgehead atoms. The molecule has 2 atom stereocenters. The molecule has 1 aromatic heterocycles. The van der Waals surface area contributed by atoms with Crippen LogP contribution >= 0.6 is 0 Å². The molecule has 0 radical (unpaired) electrons. The van der Waals surface area contributed by atoms with E-state index < -0.39 is 0 Å². The summed E-state index contributed by atoms with van der Waals surface area (Å²) < 4.78 is 10.8. The second-order valence-corrected chi connectivity index (χ2v) is 4.35. The Hall–Kier alpha value is -1.40. The van der Waals surface area contributed by atoms with Crippen LogP contribution in [0.25, 0.3) is 0 Å². The topological polar surface area (TPSA) is 82.3 Å². The fourth-order valence-corrected chi connectivity index (χ4v) is 1.96. The molecular weight excluding hydrogens is 232 g/mol. The molecule has 1 fully saturated rings. The molecule has 1 aliphatic heterocycles. The first kappa shape index (κ1) is 13.0. The van der Waals surface area contributed by atoms with E-state index in [9.17, 15) is 0 Å². The zero-order valence-corrected chi connectivity index (χ0v) is 10.8. The van der Waals surface area contributed by atoms with Crippen molar-refractivity contribution in [2.45, 2.75) is 39.0 Å². The molecule has 100 valence electrons. The summed E-state index contributed by atoms with van der Waals surface area (Å²) in [6, 6.07) is 2.01. The zero-order valence-electron chi connectivity index (χ0n) is 10.8. The van der Waals surface area contributed by atoms with Crippen molar-refractivity contribution in [3.8, 4) is 0 Å². The molecule has 6 nitrogen and oxygen atoms in total. The van der Waals surface area contributed by atoms with E-state index in [-0.39, 0.29) is 12.1 Å². The first-order valence-electron chi connectivity index (χ1n) is 6.28. The van der Waals surface area contributed by atoms with Gasteiger partial charge in [-0.05, 0) is 20.3 Å². The number of hydrogen-bond donors (Lipinski definition) is 2. The second-order valence-electron chi connectivity index (χ2n) is 4.35. The highest BCUT2D eigenvalue weighted by Crippen LogP contribution is 2.18. The summed E-state index contributed by atoms with van der Waals surface area (Å²) in [6.07, 6.45) is 1.17. The van der Waals surface area contributed by atoms with Crippen molar-refractivity contribution in [3.63, 3.8) is 0 Å². The average Bonchev–Trinajstić information content (AvgIpc) is 2.72. The molecule has 6 heteroatoms. The second kappa shape index (κ2) is 5.97. The molecular formula is C12H20N4O2. The molecule has 2 rings (SSSR count). The van der Waals surface area contributed by atoms with E-state index in [2.05, 4.69) is 22.2 Å². The minimum atomic E-state index is 0.191. The molecule has 0 saturated carbocycles. The molecule has 0 aliphatic carbocycles. The van der Waals surface area contributed by atoms with Crippen LogP contribution in [0.1, 0.15) is 26.1 Å². The summed E-state index contributed by atoms with van der Waals surface area (Å²) in [5.74, 6) is 1.79.